The van der Waals surface area contributed by atoms with Gasteiger partial charge in [-0.2, -0.15) is 8.42 Å². The first-order chi connectivity index (χ1) is 9.23. The highest BCUT2D eigenvalue weighted by Crippen LogP contribution is 2.27. The molecule has 1 rings (SSSR count). The number of halogens is 1. The third-order valence-corrected chi connectivity index (χ3v) is 3.58. The van der Waals surface area contributed by atoms with Crippen LogP contribution in [0.3, 0.4) is 0 Å². The Morgan fingerprint density at radius 2 is 1.95 bits per heavy atom. The number of benzene rings is 1. The van der Waals surface area contributed by atoms with Crippen LogP contribution >= 0.6 is 0 Å². The minimum atomic E-state index is -4.99. The van der Waals surface area contributed by atoms with Gasteiger partial charge >= 0.3 is 10.2 Å². The van der Waals surface area contributed by atoms with Crippen molar-refractivity contribution in [2.45, 2.75) is 30.4 Å². The summed E-state index contributed by atoms with van der Waals surface area (Å²) in [4.78, 5) is 9.99. The van der Waals surface area contributed by atoms with E-state index in [-0.39, 0.29) is 24.4 Å². The van der Waals surface area contributed by atoms with Crippen molar-refractivity contribution < 1.29 is 27.3 Å². The van der Waals surface area contributed by atoms with Gasteiger partial charge in [0, 0.05) is 19.0 Å². The molecule has 0 saturated carbocycles. The molecule has 1 aromatic carbocycles. The standard InChI is InChI=1S/C12H16FNO5S/c1-8(15)14-7-6-10(16)12(17)9-4-2-3-5-11(9)20(13,18)19/h2-5,10,12,16-17H,6-7H2,1H3,(H,14,15). The highest BCUT2D eigenvalue weighted by molar-refractivity contribution is 7.86. The Kier molecular flexibility index (Phi) is 5.61. The van der Waals surface area contributed by atoms with Crippen LogP contribution in [0.4, 0.5) is 3.89 Å². The van der Waals surface area contributed by atoms with Crippen molar-refractivity contribution in [1.29, 1.82) is 0 Å². The molecule has 0 aliphatic heterocycles. The first-order valence-corrected chi connectivity index (χ1v) is 7.26. The Hall–Kier alpha value is -1.51. The van der Waals surface area contributed by atoms with Gasteiger partial charge in [-0.25, -0.2) is 0 Å². The average Bonchev–Trinajstić information content (AvgIpc) is 2.36. The molecule has 2 atom stereocenters. The highest BCUT2D eigenvalue weighted by atomic mass is 32.3. The van der Waals surface area contributed by atoms with Crippen molar-refractivity contribution in [2.24, 2.45) is 0 Å². The lowest BCUT2D eigenvalue weighted by Crippen LogP contribution is -2.28. The Balaban J connectivity index is 2.87. The van der Waals surface area contributed by atoms with Crippen LogP contribution in [0.1, 0.15) is 25.0 Å². The molecule has 0 bridgehead atoms. The fraction of sp³-hybridized carbons (Fsp3) is 0.417. The van der Waals surface area contributed by atoms with Crippen LogP contribution < -0.4 is 5.32 Å². The van der Waals surface area contributed by atoms with E-state index in [4.69, 9.17) is 0 Å². The Bertz CT molecular complexity index is 575. The number of aliphatic hydroxyl groups is 2. The number of carbonyl (C=O) groups excluding carboxylic acids is 1. The number of aliphatic hydroxyl groups excluding tert-OH is 2. The first kappa shape index (κ1) is 16.5. The number of amides is 1. The van der Waals surface area contributed by atoms with Crippen molar-refractivity contribution in [3.63, 3.8) is 0 Å². The van der Waals surface area contributed by atoms with Gasteiger partial charge < -0.3 is 15.5 Å². The van der Waals surface area contributed by atoms with Crippen molar-refractivity contribution in [1.82, 2.24) is 5.32 Å². The summed E-state index contributed by atoms with van der Waals surface area (Å²) in [6.07, 6.45) is -2.89. The highest BCUT2D eigenvalue weighted by Gasteiger charge is 2.26. The minimum Gasteiger partial charge on any atom is -0.390 e. The molecule has 0 spiro atoms. The van der Waals surface area contributed by atoms with Gasteiger partial charge in [0.05, 0.1) is 6.10 Å². The molecule has 0 aliphatic rings. The summed E-state index contributed by atoms with van der Waals surface area (Å²) < 4.78 is 35.0. The molecule has 0 aromatic heterocycles. The van der Waals surface area contributed by atoms with E-state index in [0.29, 0.717) is 0 Å². The van der Waals surface area contributed by atoms with Crippen molar-refractivity contribution in [3.8, 4) is 0 Å². The summed E-state index contributed by atoms with van der Waals surface area (Å²) in [6.45, 7) is 1.41. The molecule has 112 valence electrons. The molecule has 6 nitrogen and oxygen atoms in total. The zero-order chi connectivity index (χ0) is 15.3. The second kappa shape index (κ2) is 6.78. The van der Waals surface area contributed by atoms with Crippen LogP contribution in [0.2, 0.25) is 0 Å². The van der Waals surface area contributed by atoms with E-state index in [1.165, 1.54) is 25.1 Å². The van der Waals surface area contributed by atoms with Crippen LogP contribution in [0, 0.1) is 0 Å². The van der Waals surface area contributed by atoms with Gasteiger partial charge in [-0.3, -0.25) is 4.79 Å². The zero-order valence-corrected chi connectivity index (χ0v) is 11.6. The van der Waals surface area contributed by atoms with Gasteiger partial charge in [-0.15, -0.1) is 3.89 Å². The monoisotopic (exact) mass is 305 g/mol. The molecule has 8 heteroatoms. The minimum absolute atomic E-state index is 0.00140. The lowest BCUT2D eigenvalue weighted by Gasteiger charge is -2.19. The maximum Gasteiger partial charge on any atom is 0.332 e. The number of hydrogen-bond acceptors (Lipinski definition) is 5. The van der Waals surface area contributed by atoms with Gasteiger partial charge in [0.1, 0.15) is 11.0 Å². The molecule has 0 radical (unpaired) electrons. The summed E-state index contributed by atoms with van der Waals surface area (Å²) in [5, 5.41) is 22.1. The van der Waals surface area contributed by atoms with E-state index in [9.17, 15) is 27.3 Å². The van der Waals surface area contributed by atoms with Crippen LogP contribution in [0.5, 0.6) is 0 Å². The second-order valence-corrected chi connectivity index (χ2v) is 5.58. The summed E-state index contributed by atoms with van der Waals surface area (Å²) in [6, 6.07) is 4.97. The summed E-state index contributed by atoms with van der Waals surface area (Å²) in [7, 11) is -4.99. The molecule has 0 heterocycles. The largest absolute Gasteiger partial charge is 0.390 e. The third-order valence-electron chi connectivity index (χ3n) is 2.68. The molecule has 20 heavy (non-hydrogen) atoms. The SMILES string of the molecule is CC(=O)NCCC(O)C(O)c1ccccc1S(=O)(=O)F. The van der Waals surface area contributed by atoms with E-state index in [1.807, 2.05) is 0 Å². The predicted octanol–water partition coefficient (Wildman–Crippen LogP) is 0.265. The Morgan fingerprint density at radius 1 is 1.35 bits per heavy atom. The lowest BCUT2D eigenvalue weighted by molar-refractivity contribution is -0.119. The molecule has 3 N–H and O–H groups in total. The van der Waals surface area contributed by atoms with Gasteiger partial charge in [0.25, 0.3) is 0 Å². The molecule has 0 fully saturated rings. The van der Waals surface area contributed by atoms with Gasteiger partial charge in [0.2, 0.25) is 5.91 Å². The van der Waals surface area contributed by atoms with E-state index in [0.717, 1.165) is 6.07 Å². The summed E-state index contributed by atoms with van der Waals surface area (Å²) in [5.74, 6) is -0.293. The fourth-order valence-corrected chi connectivity index (χ4v) is 2.42. The zero-order valence-electron chi connectivity index (χ0n) is 10.8. The number of nitrogens with one attached hydrogen (secondary N) is 1. The molecular formula is C12H16FNO5S. The van der Waals surface area contributed by atoms with E-state index < -0.39 is 27.3 Å². The van der Waals surface area contributed by atoms with Crippen LogP contribution in [0.25, 0.3) is 0 Å². The van der Waals surface area contributed by atoms with Crippen molar-refractivity contribution in [2.75, 3.05) is 6.54 Å². The Morgan fingerprint density at radius 3 is 2.50 bits per heavy atom. The van der Waals surface area contributed by atoms with Gasteiger partial charge in [-0.05, 0) is 12.5 Å². The molecule has 2 unspecified atom stereocenters. The molecule has 1 amide bonds. The normalized spacial score (nSPS) is 14.6. The average molecular weight is 305 g/mol. The second-order valence-electron chi connectivity index (χ2n) is 4.26. The summed E-state index contributed by atoms with van der Waals surface area (Å²) in [5.41, 5.74) is -0.217. The molecule has 1 aromatic rings. The predicted molar refractivity (Wildman–Crippen MR) is 69.0 cm³/mol. The smallest absolute Gasteiger partial charge is 0.332 e. The first-order valence-electron chi connectivity index (χ1n) is 5.87. The number of hydrogen-bond donors (Lipinski definition) is 3. The van der Waals surface area contributed by atoms with Crippen molar-refractivity contribution in [3.05, 3.63) is 29.8 Å². The third kappa shape index (κ3) is 4.55. The fourth-order valence-electron chi connectivity index (χ4n) is 1.71. The quantitative estimate of drug-likeness (QED) is 0.654. The van der Waals surface area contributed by atoms with Gasteiger partial charge in [-0.1, -0.05) is 18.2 Å². The van der Waals surface area contributed by atoms with Crippen LogP contribution in [0.15, 0.2) is 29.2 Å². The Labute approximate surface area is 116 Å². The topological polar surface area (TPSA) is 104 Å². The molecular weight excluding hydrogens is 289 g/mol. The van der Waals surface area contributed by atoms with Crippen LogP contribution in [-0.4, -0.2) is 37.2 Å². The van der Waals surface area contributed by atoms with Crippen LogP contribution in [-0.2, 0) is 15.0 Å². The van der Waals surface area contributed by atoms with E-state index in [1.54, 1.807) is 0 Å². The van der Waals surface area contributed by atoms with Crippen molar-refractivity contribution >= 4 is 16.1 Å². The summed E-state index contributed by atoms with van der Waals surface area (Å²) >= 11 is 0. The van der Waals surface area contributed by atoms with E-state index >= 15 is 0 Å². The molecule has 0 aliphatic carbocycles. The number of rotatable bonds is 6. The molecule has 0 saturated heterocycles. The lowest BCUT2D eigenvalue weighted by atomic mass is 10.0. The number of carbonyl (C=O) groups is 1. The maximum absolute atomic E-state index is 13.1. The van der Waals surface area contributed by atoms with E-state index in [2.05, 4.69) is 5.32 Å². The van der Waals surface area contributed by atoms with Gasteiger partial charge in [0.15, 0.2) is 0 Å². The maximum atomic E-state index is 13.1.